The van der Waals surface area contributed by atoms with E-state index >= 15 is 0 Å². The van der Waals surface area contributed by atoms with E-state index < -0.39 is 5.82 Å². The molecule has 1 aromatic carbocycles. The lowest BCUT2D eigenvalue weighted by Gasteiger charge is -2.26. The van der Waals surface area contributed by atoms with Crippen molar-refractivity contribution in [3.05, 3.63) is 24.0 Å². The number of ether oxygens (including phenoxy) is 1. The minimum atomic E-state index is -0.426. The molecular weight excluding hydrogens is 223 g/mol. The molecule has 0 saturated carbocycles. The Morgan fingerprint density at radius 2 is 2.29 bits per heavy atom. The van der Waals surface area contributed by atoms with Gasteiger partial charge in [0.15, 0.2) is 0 Å². The molecule has 1 heterocycles. The van der Waals surface area contributed by atoms with Crippen LogP contribution in [-0.4, -0.2) is 26.1 Å². The normalized spacial score (nSPS) is 15.2. The highest BCUT2D eigenvalue weighted by Crippen LogP contribution is 2.20. The van der Waals surface area contributed by atoms with Gasteiger partial charge in [0.25, 0.3) is 0 Å². The van der Waals surface area contributed by atoms with E-state index in [-0.39, 0.29) is 5.91 Å². The Labute approximate surface area is 99.2 Å². The molecule has 17 heavy (non-hydrogen) atoms. The molecule has 1 fully saturated rings. The lowest BCUT2D eigenvalue weighted by atomic mass is 9.99. The summed E-state index contributed by atoms with van der Waals surface area (Å²) in [5, 5.41) is 5.77. The smallest absolute Gasteiger partial charge is 0.224 e. The first-order valence-electron chi connectivity index (χ1n) is 5.52. The summed E-state index contributed by atoms with van der Waals surface area (Å²) < 4.78 is 18.1. The zero-order valence-corrected chi connectivity index (χ0v) is 9.63. The highest BCUT2D eigenvalue weighted by molar-refractivity contribution is 5.91. The first-order chi connectivity index (χ1) is 8.17. The van der Waals surface area contributed by atoms with E-state index in [2.05, 4.69) is 10.6 Å². The van der Waals surface area contributed by atoms with Crippen LogP contribution in [0.3, 0.4) is 0 Å². The summed E-state index contributed by atoms with van der Waals surface area (Å²) >= 11 is 0. The van der Waals surface area contributed by atoms with Crippen LogP contribution >= 0.6 is 0 Å². The van der Waals surface area contributed by atoms with E-state index in [1.807, 2.05) is 0 Å². The predicted molar refractivity (Wildman–Crippen MR) is 62.6 cm³/mol. The Balaban J connectivity index is 1.96. The Kier molecular flexibility index (Phi) is 3.58. The molecule has 0 atom stereocenters. The first-order valence-corrected chi connectivity index (χ1v) is 5.52. The van der Waals surface area contributed by atoms with Gasteiger partial charge in [-0.2, -0.15) is 0 Å². The maximum atomic E-state index is 13.2. The number of carbonyl (C=O) groups is 1. The van der Waals surface area contributed by atoms with Crippen LogP contribution in [0.15, 0.2) is 18.2 Å². The van der Waals surface area contributed by atoms with Crippen LogP contribution in [0.2, 0.25) is 0 Å². The minimum absolute atomic E-state index is 0.0934. The van der Waals surface area contributed by atoms with Crippen molar-refractivity contribution in [2.24, 2.45) is 5.92 Å². The number of rotatable bonds is 4. The summed E-state index contributed by atoms with van der Waals surface area (Å²) in [7, 11) is 1.46. The van der Waals surface area contributed by atoms with Gasteiger partial charge in [-0.25, -0.2) is 4.39 Å². The van der Waals surface area contributed by atoms with Gasteiger partial charge in [0.05, 0.1) is 7.11 Å². The molecule has 0 bridgehead atoms. The van der Waals surface area contributed by atoms with Gasteiger partial charge in [-0.05, 0) is 25.1 Å². The van der Waals surface area contributed by atoms with Crippen LogP contribution in [-0.2, 0) is 4.79 Å². The number of amides is 1. The van der Waals surface area contributed by atoms with Crippen LogP contribution in [0.1, 0.15) is 6.42 Å². The highest BCUT2D eigenvalue weighted by atomic mass is 19.1. The second-order valence-electron chi connectivity index (χ2n) is 4.16. The van der Waals surface area contributed by atoms with Gasteiger partial charge in [0.1, 0.15) is 11.6 Å². The van der Waals surface area contributed by atoms with Crippen LogP contribution in [0, 0.1) is 11.7 Å². The summed E-state index contributed by atoms with van der Waals surface area (Å²) in [5.74, 6) is 0.269. The van der Waals surface area contributed by atoms with Crippen molar-refractivity contribution in [3.63, 3.8) is 0 Å². The van der Waals surface area contributed by atoms with Crippen molar-refractivity contribution in [3.8, 4) is 5.75 Å². The molecule has 1 saturated heterocycles. The summed E-state index contributed by atoms with van der Waals surface area (Å²) in [6, 6.07) is 4.14. The van der Waals surface area contributed by atoms with Gasteiger partial charge < -0.3 is 15.4 Å². The highest BCUT2D eigenvalue weighted by Gasteiger charge is 2.20. The predicted octanol–water partition coefficient (Wildman–Crippen LogP) is 1.38. The molecule has 0 unspecified atom stereocenters. The maximum absolute atomic E-state index is 13.2. The number of nitrogens with one attached hydrogen (secondary N) is 2. The molecule has 1 aliphatic rings. The number of methoxy groups -OCH3 is 1. The quantitative estimate of drug-likeness (QED) is 0.833. The van der Waals surface area contributed by atoms with Crippen molar-refractivity contribution in [1.82, 2.24) is 5.32 Å². The lowest BCUT2D eigenvalue weighted by Crippen LogP contribution is -2.43. The third kappa shape index (κ3) is 3.17. The van der Waals surface area contributed by atoms with Crippen molar-refractivity contribution in [1.29, 1.82) is 0 Å². The molecule has 1 amide bonds. The maximum Gasteiger partial charge on any atom is 0.224 e. The summed E-state index contributed by atoms with van der Waals surface area (Å²) in [6.07, 6.45) is 0.464. The molecular formula is C12H15FN2O2. The number of carbonyl (C=O) groups excluding carboxylic acids is 1. The standard InChI is InChI=1S/C12H15FN2O2/c1-17-11-4-9(13)3-10(5-11)15-12(16)2-8-6-14-7-8/h3-5,8,14H,2,6-7H2,1H3,(H,15,16). The molecule has 5 heteroatoms. The van der Waals surface area contributed by atoms with E-state index in [0.29, 0.717) is 23.8 Å². The largest absolute Gasteiger partial charge is 0.497 e. The summed E-state index contributed by atoms with van der Waals surface area (Å²) in [5.41, 5.74) is 0.430. The van der Waals surface area contributed by atoms with Crippen LogP contribution in [0.25, 0.3) is 0 Å². The molecule has 4 nitrogen and oxygen atoms in total. The SMILES string of the molecule is COc1cc(F)cc(NC(=O)CC2CNC2)c1. The van der Waals surface area contributed by atoms with E-state index in [0.717, 1.165) is 13.1 Å². The number of hydrogen-bond acceptors (Lipinski definition) is 3. The van der Waals surface area contributed by atoms with Gasteiger partial charge in [0, 0.05) is 24.2 Å². The van der Waals surface area contributed by atoms with Gasteiger partial charge in [0.2, 0.25) is 5.91 Å². The Bertz CT molecular complexity index is 419. The Hall–Kier alpha value is -1.62. The third-order valence-corrected chi connectivity index (χ3v) is 2.73. The van der Waals surface area contributed by atoms with Gasteiger partial charge >= 0.3 is 0 Å². The molecule has 2 N–H and O–H groups in total. The number of halogens is 1. The van der Waals surface area contributed by atoms with E-state index in [4.69, 9.17) is 4.74 Å². The third-order valence-electron chi connectivity index (χ3n) is 2.73. The molecule has 1 aliphatic heterocycles. The summed E-state index contributed by atoms with van der Waals surface area (Å²) in [6.45, 7) is 1.75. The van der Waals surface area contributed by atoms with Gasteiger partial charge in [-0.15, -0.1) is 0 Å². The van der Waals surface area contributed by atoms with Crippen LogP contribution < -0.4 is 15.4 Å². The van der Waals surface area contributed by atoms with Crippen molar-refractivity contribution in [2.45, 2.75) is 6.42 Å². The molecule has 0 spiro atoms. The minimum Gasteiger partial charge on any atom is -0.497 e. The van der Waals surface area contributed by atoms with E-state index in [9.17, 15) is 9.18 Å². The zero-order valence-electron chi connectivity index (χ0n) is 9.63. The zero-order chi connectivity index (χ0) is 12.3. The van der Waals surface area contributed by atoms with Crippen LogP contribution in [0.4, 0.5) is 10.1 Å². The number of benzene rings is 1. The second-order valence-corrected chi connectivity index (χ2v) is 4.16. The van der Waals surface area contributed by atoms with Crippen molar-refractivity contribution >= 4 is 11.6 Å². The molecule has 0 aliphatic carbocycles. The van der Waals surface area contributed by atoms with Crippen molar-refractivity contribution < 1.29 is 13.9 Å². The van der Waals surface area contributed by atoms with E-state index in [1.54, 1.807) is 6.07 Å². The molecule has 1 aromatic rings. The average Bonchev–Trinajstić information content (AvgIpc) is 2.22. The lowest BCUT2D eigenvalue weighted by molar-refractivity contribution is -0.117. The number of hydrogen-bond donors (Lipinski definition) is 2. The Morgan fingerprint density at radius 1 is 1.53 bits per heavy atom. The van der Waals surface area contributed by atoms with Gasteiger partial charge in [-0.1, -0.05) is 0 Å². The second kappa shape index (κ2) is 5.14. The van der Waals surface area contributed by atoms with Crippen molar-refractivity contribution in [2.75, 3.05) is 25.5 Å². The molecule has 0 radical (unpaired) electrons. The fraction of sp³-hybridized carbons (Fsp3) is 0.417. The van der Waals surface area contributed by atoms with Crippen LogP contribution in [0.5, 0.6) is 5.75 Å². The van der Waals surface area contributed by atoms with Gasteiger partial charge in [-0.3, -0.25) is 4.79 Å². The topological polar surface area (TPSA) is 50.4 Å². The fourth-order valence-corrected chi connectivity index (χ4v) is 1.72. The Morgan fingerprint density at radius 3 is 2.88 bits per heavy atom. The van der Waals surface area contributed by atoms with E-state index in [1.165, 1.54) is 19.2 Å². The molecule has 92 valence electrons. The summed E-state index contributed by atoms with van der Waals surface area (Å²) in [4.78, 5) is 11.6. The average molecular weight is 238 g/mol. The first kappa shape index (κ1) is 11.9. The fourth-order valence-electron chi connectivity index (χ4n) is 1.72. The molecule has 0 aromatic heterocycles. The monoisotopic (exact) mass is 238 g/mol. The molecule has 2 rings (SSSR count). The number of anilines is 1.